The van der Waals surface area contributed by atoms with E-state index in [0.717, 1.165) is 0 Å². The Morgan fingerprint density at radius 1 is 1.21 bits per heavy atom. The lowest BCUT2D eigenvalue weighted by Gasteiger charge is -2.19. The highest BCUT2D eigenvalue weighted by Crippen LogP contribution is 2.28. The van der Waals surface area contributed by atoms with Gasteiger partial charge in [0.2, 0.25) is 0 Å². The van der Waals surface area contributed by atoms with E-state index in [1.807, 2.05) is 20.8 Å². The number of aromatic carboxylic acids is 1. The van der Waals surface area contributed by atoms with Crippen molar-refractivity contribution in [3.8, 4) is 11.5 Å². The Balaban J connectivity index is 2.65. The zero-order valence-electron chi connectivity index (χ0n) is 11.7. The van der Waals surface area contributed by atoms with Crippen molar-refractivity contribution in [1.82, 2.24) is 0 Å². The van der Waals surface area contributed by atoms with Crippen molar-refractivity contribution in [2.24, 2.45) is 0 Å². The van der Waals surface area contributed by atoms with Gasteiger partial charge in [-0.2, -0.15) is 0 Å². The summed E-state index contributed by atoms with van der Waals surface area (Å²) in [5, 5.41) is 8.93. The van der Waals surface area contributed by atoms with Crippen molar-refractivity contribution in [1.29, 1.82) is 0 Å². The van der Waals surface area contributed by atoms with E-state index in [2.05, 4.69) is 0 Å². The summed E-state index contributed by atoms with van der Waals surface area (Å²) in [6.45, 7) is 6.62. The summed E-state index contributed by atoms with van der Waals surface area (Å²) >= 11 is 0. The van der Waals surface area contributed by atoms with Gasteiger partial charge in [-0.1, -0.05) is 0 Å². The average Bonchev–Trinajstić information content (AvgIpc) is 2.33. The summed E-state index contributed by atoms with van der Waals surface area (Å²) < 4.78 is 16.1. The number of carboxylic acid groups (broad SMARTS) is 1. The molecule has 0 aromatic heterocycles. The van der Waals surface area contributed by atoms with Gasteiger partial charge in [0.1, 0.15) is 6.61 Å². The van der Waals surface area contributed by atoms with Crippen LogP contribution in [0.15, 0.2) is 18.2 Å². The molecule has 1 aromatic rings. The quantitative estimate of drug-likeness (QED) is 0.803. The Morgan fingerprint density at radius 3 is 2.42 bits per heavy atom. The predicted molar refractivity (Wildman–Crippen MR) is 71.2 cm³/mol. The zero-order chi connectivity index (χ0) is 14.5. The molecular formula is C14H20O5. The van der Waals surface area contributed by atoms with E-state index in [1.165, 1.54) is 19.2 Å². The highest BCUT2D eigenvalue weighted by Gasteiger charge is 2.12. The van der Waals surface area contributed by atoms with Crippen LogP contribution in [0, 0.1) is 0 Å². The summed E-state index contributed by atoms with van der Waals surface area (Å²) in [7, 11) is 1.51. The monoisotopic (exact) mass is 268 g/mol. The predicted octanol–water partition coefficient (Wildman–Crippen LogP) is 2.59. The molecule has 0 aliphatic carbocycles. The normalized spacial score (nSPS) is 11.2. The molecule has 0 saturated heterocycles. The van der Waals surface area contributed by atoms with Gasteiger partial charge in [-0.15, -0.1) is 0 Å². The first kappa shape index (κ1) is 15.3. The number of carbonyl (C=O) groups is 1. The molecular weight excluding hydrogens is 248 g/mol. The molecule has 0 saturated carbocycles. The Labute approximate surface area is 113 Å². The van der Waals surface area contributed by atoms with Crippen LogP contribution in [0.3, 0.4) is 0 Å². The molecule has 1 rings (SSSR count). The molecule has 0 spiro atoms. The molecule has 19 heavy (non-hydrogen) atoms. The molecule has 5 nitrogen and oxygen atoms in total. The minimum atomic E-state index is -1.00. The van der Waals surface area contributed by atoms with Crippen molar-refractivity contribution in [2.75, 3.05) is 20.3 Å². The number of hydrogen-bond donors (Lipinski definition) is 1. The molecule has 1 N–H and O–H groups in total. The molecule has 0 aliphatic rings. The van der Waals surface area contributed by atoms with Crippen molar-refractivity contribution < 1.29 is 24.1 Å². The molecule has 0 fully saturated rings. The first-order chi connectivity index (χ1) is 8.83. The van der Waals surface area contributed by atoms with Gasteiger partial charge in [0.15, 0.2) is 11.5 Å². The second-order valence-corrected chi connectivity index (χ2v) is 4.98. The maximum Gasteiger partial charge on any atom is 0.335 e. The molecule has 0 amide bonds. The van der Waals surface area contributed by atoms with E-state index in [-0.39, 0.29) is 11.2 Å². The number of benzene rings is 1. The van der Waals surface area contributed by atoms with Gasteiger partial charge in [-0.3, -0.25) is 0 Å². The van der Waals surface area contributed by atoms with E-state index >= 15 is 0 Å². The highest BCUT2D eigenvalue weighted by molar-refractivity contribution is 5.88. The lowest BCUT2D eigenvalue weighted by Crippen LogP contribution is -2.22. The fourth-order valence-corrected chi connectivity index (χ4v) is 1.42. The van der Waals surface area contributed by atoms with E-state index in [4.69, 9.17) is 19.3 Å². The van der Waals surface area contributed by atoms with E-state index in [0.29, 0.717) is 24.7 Å². The number of hydrogen-bond acceptors (Lipinski definition) is 4. The summed E-state index contributed by atoms with van der Waals surface area (Å²) in [6.07, 6.45) is 0. The standard InChI is InChI=1S/C14H20O5/c1-14(2,3)19-8-7-18-12-9-10(13(15)16)5-6-11(12)17-4/h5-6,9H,7-8H2,1-4H3,(H,15,16). The Bertz CT molecular complexity index is 434. The fraction of sp³-hybridized carbons (Fsp3) is 0.500. The van der Waals surface area contributed by atoms with Gasteiger partial charge in [0, 0.05) is 0 Å². The maximum atomic E-state index is 10.9. The fourth-order valence-electron chi connectivity index (χ4n) is 1.42. The van der Waals surface area contributed by atoms with Crippen molar-refractivity contribution >= 4 is 5.97 Å². The molecule has 106 valence electrons. The van der Waals surface area contributed by atoms with Gasteiger partial charge in [-0.05, 0) is 39.0 Å². The van der Waals surface area contributed by atoms with Crippen LogP contribution in [0.1, 0.15) is 31.1 Å². The lowest BCUT2D eigenvalue weighted by atomic mass is 10.2. The van der Waals surface area contributed by atoms with Crippen molar-refractivity contribution in [3.05, 3.63) is 23.8 Å². The van der Waals surface area contributed by atoms with Crippen LogP contribution >= 0.6 is 0 Å². The Hall–Kier alpha value is -1.75. The van der Waals surface area contributed by atoms with Gasteiger partial charge in [-0.25, -0.2) is 4.79 Å². The van der Waals surface area contributed by atoms with Gasteiger partial charge in [0.05, 0.1) is 24.9 Å². The van der Waals surface area contributed by atoms with Crippen LogP contribution in [0.5, 0.6) is 11.5 Å². The first-order valence-corrected chi connectivity index (χ1v) is 6.01. The van der Waals surface area contributed by atoms with Crippen LogP contribution < -0.4 is 9.47 Å². The summed E-state index contributed by atoms with van der Waals surface area (Å²) in [6, 6.07) is 4.49. The highest BCUT2D eigenvalue weighted by atomic mass is 16.5. The minimum absolute atomic E-state index is 0.160. The largest absolute Gasteiger partial charge is 0.493 e. The van der Waals surface area contributed by atoms with E-state index in [1.54, 1.807) is 6.07 Å². The van der Waals surface area contributed by atoms with E-state index in [9.17, 15) is 4.79 Å². The molecule has 0 radical (unpaired) electrons. The summed E-state index contributed by atoms with van der Waals surface area (Å²) in [5.74, 6) is -0.0980. The SMILES string of the molecule is COc1ccc(C(=O)O)cc1OCCOC(C)(C)C. The third kappa shape index (κ3) is 5.18. The molecule has 5 heteroatoms. The first-order valence-electron chi connectivity index (χ1n) is 6.01. The molecule has 0 atom stereocenters. The third-order valence-electron chi connectivity index (χ3n) is 2.29. The molecule has 0 aliphatic heterocycles. The van der Waals surface area contributed by atoms with E-state index < -0.39 is 5.97 Å². The second kappa shape index (κ2) is 6.43. The number of carboxylic acids is 1. The smallest absolute Gasteiger partial charge is 0.335 e. The van der Waals surface area contributed by atoms with Crippen LogP contribution in [0.25, 0.3) is 0 Å². The number of rotatable bonds is 6. The van der Waals surface area contributed by atoms with Crippen LogP contribution in [-0.2, 0) is 4.74 Å². The van der Waals surface area contributed by atoms with Crippen LogP contribution in [0.4, 0.5) is 0 Å². The number of ether oxygens (including phenoxy) is 3. The molecule has 0 bridgehead atoms. The summed E-state index contributed by atoms with van der Waals surface area (Å²) in [4.78, 5) is 10.9. The number of methoxy groups -OCH3 is 1. The second-order valence-electron chi connectivity index (χ2n) is 4.98. The topological polar surface area (TPSA) is 65.0 Å². The maximum absolute atomic E-state index is 10.9. The Morgan fingerprint density at radius 2 is 1.89 bits per heavy atom. The van der Waals surface area contributed by atoms with Gasteiger partial charge >= 0.3 is 5.97 Å². The minimum Gasteiger partial charge on any atom is -0.493 e. The summed E-state index contributed by atoms with van der Waals surface area (Å²) in [5.41, 5.74) is -0.0661. The molecule has 0 heterocycles. The molecule has 1 aromatic carbocycles. The van der Waals surface area contributed by atoms with Gasteiger partial charge in [0.25, 0.3) is 0 Å². The Kier molecular flexibility index (Phi) is 5.18. The lowest BCUT2D eigenvalue weighted by molar-refractivity contribution is -0.0165. The van der Waals surface area contributed by atoms with Gasteiger partial charge < -0.3 is 19.3 Å². The molecule has 0 unspecified atom stereocenters. The van der Waals surface area contributed by atoms with Crippen LogP contribution in [-0.4, -0.2) is 37.0 Å². The zero-order valence-corrected chi connectivity index (χ0v) is 11.7. The average molecular weight is 268 g/mol. The van der Waals surface area contributed by atoms with Crippen molar-refractivity contribution in [3.63, 3.8) is 0 Å². The third-order valence-corrected chi connectivity index (χ3v) is 2.29. The van der Waals surface area contributed by atoms with Crippen LogP contribution in [0.2, 0.25) is 0 Å². The van der Waals surface area contributed by atoms with Crippen molar-refractivity contribution in [2.45, 2.75) is 26.4 Å².